The number of allylic oxidation sites excluding steroid dienone is 1. The van der Waals surface area contributed by atoms with Crippen molar-refractivity contribution in [3.05, 3.63) is 69.9 Å². The van der Waals surface area contributed by atoms with Crippen molar-refractivity contribution in [3.63, 3.8) is 0 Å². The number of amides is 1. The molecule has 160 valence electrons. The Bertz CT molecular complexity index is 1190. The number of pyridine rings is 1. The minimum absolute atomic E-state index is 0.0425. The molecule has 1 aromatic heterocycles. The normalized spacial score (nSPS) is 14.0. The molecule has 1 amide bonds. The maximum Gasteiger partial charge on any atom is 0.300 e. The highest BCUT2D eigenvalue weighted by molar-refractivity contribution is 6.67. The number of aromatic nitrogens is 1. The van der Waals surface area contributed by atoms with Crippen LogP contribution in [0, 0.1) is 25.1 Å². The Morgan fingerprint density at radius 3 is 2.68 bits per heavy atom. The molecular weight excluding hydrogens is 446 g/mol. The van der Waals surface area contributed by atoms with E-state index in [4.69, 9.17) is 34.3 Å². The Hall–Kier alpha value is -3.43. The SMILES string of the molecule is Cc1cc2c(nc1C)C(O)=C(C(=O)N=C(N)/C=C\C(=N)Cl)NN2c1ccc(Cl)cc1F. The van der Waals surface area contributed by atoms with E-state index in [1.165, 1.54) is 17.1 Å². The minimum Gasteiger partial charge on any atom is -0.504 e. The lowest BCUT2D eigenvalue weighted by Gasteiger charge is -2.33. The van der Waals surface area contributed by atoms with Crippen LogP contribution in [-0.4, -0.2) is 27.0 Å². The lowest BCUT2D eigenvalue weighted by Crippen LogP contribution is -2.41. The fourth-order valence-electron chi connectivity index (χ4n) is 2.75. The quantitative estimate of drug-likeness (QED) is 0.401. The number of fused-ring (bicyclic) bond motifs is 1. The van der Waals surface area contributed by atoms with Crippen molar-refractivity contribution >= 4 is 57.2 Å². The van der Waals surface area contributed by atoms with Crippen LogP contribution in [0.3, 0.4) is 0 Å². The van der Waals surface area contributed by atoms with Gasteiger partial charge in [-0.15, -0.1) is 0 Å². The lowest BCUT2D eigenvalue weighted by atomic mass is 10.1. The molecule has 0 aliphatic carbocycles. The van der Waals surface area contributed by atoms with Gasteiger partial charge in [0.05, 0.1) is 11.4 Å². The second-order valence-electron chi connectivity index (χ2n) is 6.55. The molecule has 11 heteroatoms. The fraction of sp³-hybridized carbons (Fsp3) is 0.100. The molecule has 0 radical (unpaired) electrons. The van der Waals surface area contributed by atoms with Gasteiger partial charge in [0.15, 0.2) is 11.5 Å². The first-order valence-corrected chi connectivity index (χ1v) is 9.58. The van der Waals surface area contributed by atoms with Crippen molar-refractivity contribution in [2.45, 2.75) is 13.8 Å². The molecule has 2 heterocycles. The number of aliphatic hydroxyl groups excluding tert-OH is 1. The van der Waals surface area contributed by atoms with Crippen molar-refractivity contribution in [1.29, 1.82) is 5.41 Å². The topological polar surface area (TPSA) is 128 Å². The molecule has 0 spiro atoms. The van der Waals surface area contributed by atoms with Gasteiger partial charge in [0.2, 0.25) is 0 Å². The van der Waals surface area contributed by atoms with Crippen LogP contribution in [0.1, 0.15) is 17.0 Å². The second-order valence-corrected chi connectivity index (χ2v) is 7.39. The van der Waals surface area contributed by atoms with Gasteiger partial charge in [-0.2, -0.15) is 4.99 Å². The number of aryl methyl sites for hydroxylation is 2. The van der Waals surface area contributed by atoms with E-state index >= 15 is 0 Å². The predicted molar refractivity (Wildman–Crippen MR) is 119 cm³/mol. The number of aliphatic imine (C=N–C) groups is 1. The Morgan fingerprint density at radius 1 is 1.32 bits per heavy atom. The van der Waals surface area contributed by atoms with Crippen molar-refractivity contribution in [3.8, 4) is 0 Å². The van der Waals surface area contributed by atoms with Crippen LogP contribution < -0.4 is 16.2 Å². The Kier molecular flexibility index (Phi) is 6.28. The van der Waals surface area contributed by atoms with Crippen molar-refractivity contribution in [1.82, 2.24) is 10.4 Å². The van der Waals surface area contributed by atoms with E-state index in [0.29, 0.717) is 11.4 Å². The highest BCUT2D eigenvalue weighted by Gasteiger charge is 2.32. The van der Waals surface area contributed by atoms with Crippen LogP contribution in [0.5, 0.6) is 0 Å². The number of halogens is 3. The molecule has 5 N–H and O–H groups in total. The third kappa shape index (κ3) is 4.68. The predicted octanol–water partition coefficient (Wildman–Crippen LogP) is 4.03. The molecule has 0 bridgehead atoms. The van der Waals surface area contributed by atoms with Gasteiger partial charge in [-0.25, -0.2) is 9.37 Å². The van der Waals surface area contributed by atoms with Gasteiger partial charge in [-0.05, 0) is 55.8 Å². The number of benzene rings is 1. The molecule has 1 aliphatic heterocycles. The Morgan fingerprint density at radius 2 is 2.03 bits per heavy atom. The summed E-state index contributed by atoms with van der Waals surface area (Å²) in [6, 6.07) is 5.72. The third-order valence-corrected chi connectivity index (χ3v) is 4.73. The van der Waals surface area contributed by atoms with Crippen molar-refractivity contribution in [2.75, 3.05) is 5.01 Å². The molecule has 8 nitrogen and oxygen atoms in total. The monoisotopic (exact) mass is 462 g/mol. The highest BCUT2D eigenvalue weighted by atomic mass is 35.5. The number of anilines is 2. The van der Waals surface area contributed by atoms with Crippen LogP contribution in [0.25, 0.3) is 5.76 Å². The van der Waals surface area contributed by atoms with Gasteiger partial charge < -0.3 is 10.8 Å². The number of amidine groups is 1. The number of nitrogens with two attached hydrogens (primary N) is 1. The van der Waals surface area contributed by atoms with Crippen LogP contribution >= 0.6 is 23.2 Å². The molecule has 0 atom stereocenters. The average Bonchev–Trinajstić information content (AvgIpc) is 2.69. The smallest absolute Gasteiger partial charge is 0.300 e. The average molecular weight is 463 g/mol. The second kappa shape index (κ2) is 8.75. The van der Waals surface area contributed by atoms with Crippen LogP contribution in [0.4, 0.5) is 15.8 Å². The zero-order chi connectivity index (χ0) is 22.9. The fourth-order valence-corrected chi connectivity index (χ4v) is 2.97. The maximum absolute atomic E-state index is 14.7. The standard InChI is InChI=1S/C20H17Cl2FN6O2/c1-9-7-14-17(26-10(9)2)19(30)18(20(31)27-16(25)6-5-15(22)24)28-29(14)13-4-3-11(21)8-12(13)23/h3-8,24,28,30H,1-2H3,(H2,25,27,31)/b6-5-,24-15?. The number of nitrogens with zero attached hydrogens (tertiary/aromatic N) is 3. The third-order valence-electron chi connectivity index (χ3n) is 4.37. The molecule has 0 unspecified atom stereocenters. The number of aliphatic hydroxyl groups is 1. The van der Waals surface area contributed by atoms with Crippen LogP contribution in [-0.2, 0) is 4.79 Å². The zero-order valence-electron chi connectivity index (χ0n) is 16.4. The molecular formula is C20H17Cl2FN6O2. The van der Waals surface area contributed by atoms with Crippen molar-refractivity contribution < 1.29 is 14.3 Å². The lowest BCUT2D eigenvalue weighted by molar-refractivity contribution is -0.114. The van der Waals surface area contributed by atoms with E-state index in [1.54, 1.807) is 13.0 Å². The molecule has 2 aromatic rings. The number of hydrogen-bond donors (Lipinski definition) is 4. The van der Waals surface area contributed by atoms with Gasteiger partial charge in [-0.3, -0.25) is 20.6 Å². The van der Waals surface area contributed by atoms with Crippen LogP contribution in [0.2, 0.25) is 5.02 Å². The van der Waals surface area contributed by atoms with E-state index in [2.05, 4.69) is 15.4 Å². The summed E-state index contributed by atoms with van der Waals surface area (Å²) in [5.41, 5.74) is 9.81. The molecule has 0 saturated heterocycles. The first-order valence-electron chi connectivity index (χ1n) is 8.82. The van der Waals surface area contributed by atoms with Crippen LogP contribution in [0.15, 0.2) is 47.1 Å². The first-order chi connectivity index (χ1) is 14.6. The summed E-state index contributed by atoms with van der Waals surface area (Å²) in [7, 11) is 0. The molecule has 0 saturated carbocycles. The highest BCUT2D eigenvalue weighted by Crippen LogP contribution is 2.37. The summed E-state index contributed by atoms with van der Waals surface area (Å²) in [5, 5.41) is 19.0. The summed E-state index contributed by atoms with van der Waals surface area (Å²) in [6.07, 6.45) is 2.29. The zero-order valence-corrected chi connectivity index (χ0v) is 17.9. The van der Waals surface area contributed by atoms with E-state index in [1.807, 2.05) is 6.92 Å². The summed E-state index contributed by atoms with van der Waals surface area (Å²) in [6.45, 7) is 3.55. The number of carbonyl (C=O) groups excluding carboxylic acids is 1. The number of carbonyl (C=O) groups is 1. The summed E-state index contributed by atoms with van der Waals surface area (Å²) < 4.78 is 14.7. The van der Waals surface area contributed by atoms with Gasteiger partial charge in [-0.1, -0.05) is 23.2 Å². The molecule has 1 aromatic carbocycles. The molecule has 31 heavy (non-hydrogen) atoms. The summed E-state index contributed by atoms with van der Waals surface area (Å²) in [4.78, 5) is 20.7. The van der Waals surface area contributed by atoms with Crippen molar-refractivity contribution in [2.24, 2.45) is 10.7 Å². The number of hydrazine groups is 1. The van der Waals surface area contributed by atoms with E-state index < -0.39 is 17.5 Å². The summed E-state index contributed by atoms with van der Waals surface area (Å²) >= 11 is 11.3. The van der Waals surface area contributed by atoms with Gasteiger partial charge in [0, 0.05) is 10.7 Å². The van der Waals surface area contributed by atoms with Gasteiger partial charge in [0.1, 0.15) is 22.5 Å². The number of nitrogens with one attached hydrogen (secondary N) is 2. The Balaban J connectivity index is 2.14. The van der Waals surface area contributed by atoms with E-state index in [0.717, 1.165) is 23.8 Å². The molecule has 3 rings (SSSR count). The van der Waals surface area contributed by atoms with Gasteiger partial charge >= 0.3 is 5.91 Å². The molecule has 1 aliphatic rings. The molecule has 0 fully saturated rings. The minimum atomic E-state index is -0.939. The largest absolute Gasteiger partial charge is 0.504 e. The maximum atomic E-state index is 14.7. The Labute approximate surface area is 187 Å². The first kappa shape index (κ1) is 22.3. The van der Waals surface area contributed by atoms with E-state index in [9.17, 15) is 14.3 Å². The summed E-state index contributed by atoms with van der Waals surface area (Å²) in [5.74, 6) is -2.32. The number of hydrogen-bond acceptors (Lipinski definition) is 6. The van der Waals surface area contributed by atoms with Gasteiger partial charge in [0.25, 0.3) is 0 Å². The number of rotatable bonds is 4. The van der Waals surface area contributed by atoms with E-state index in [-0.39, 0.29) is 33.1 Å².